The third-order valence-corrected chi connectivity index (χ3v) is 5.29. The van der Waals surface area contributed by atoms with E-state index in [1.165, 1.54) is 4.90 Å². The summed E-state index contributed by atoms with van der Waals surface area (Å²) in [5.74, 6) is -0.595. The molecule has 0 N–H and O–H groups in total. The minimum atomic E-state index is -0.301. The number of carbonyl (C=O) groups is 3. The van der Waals surface area contributed by atoms with E-state index in [0.29, 0.717) is 30.3 Å². The molecule has 0 spiro atoms. The largest absolute Gasteiger partial charge is 0.351 e. The minimum Gasteiger partial charge on any atom is -0.351 e. The van der Waals surface area contributed by atoms with Gasteiger partial charge in [-0.1, -0.05) is 12.1 Å². The van der Waals surface area contributed by atoms with E-state index in [-0.39, 0.29) is 30.7 Å². The highest BCUT2D eigenvalue weighted by Gasteiger charge is 2.35. The van der Waals surface area contributed by atoms with Gasteiger partial charge < -0.3 is 9.47 Å². The van der Waals surface area contributed by atoms with Crippen LogP contribution in [0.4, 0.5) is 0 Å². The van der Waals surface area contributed by atoms with Gasteiger partial charge in [-0.3, -0.25) is 19.3 Å². The molecule has 0 bridgehead atoms. The Kier molecular flexibility index (Phi) is 4.32. The van der Waals surface area contributed by atoms with Gasteiger partial charge in [0.05, 0.1) is 11.1 Å². The Balaban J connectivity index is 1.31. The first-order valence-electron chi connectivity index (χ1n) is 9.00. The molecule has 3 heterocycles. The third-order valence-electron chi connectivity index (χ3n) is 5.29. The molecule has 134 valence electrons. The second-order valence-electron chi connectivity index (χ2n) is 6.80. The van der Waals surface area contributed by atoms with Crippen molar-refractivity contribution in [3.8, 4) is 0 Å². The molecule has 2 aromatic rings. The van der Waals surface area contributed by atoms with Crippen LogP contribution in [-0.4, -0.2) is 51.7 Å². The maximum Gasteiger partial charge on any atom is 0.261 e. The van der Waals surface area contributed by atoms with Crippen LogP contribution >= 0.6 is 0 Å². The van der Waals surface area contributed by atoms with E-state index >= 15 is 0 Å². The van der Waals surface area contributed by atoms with Crippen LogP contribution in [0.5, 0.6) is 0 Å². The highest BCUT2D eigenvalue weighted by molar-refractivity contribution is 6.21. The predicted molar refractivity (Wildman–Crippen MR) is 95.7 cm³/mol. The highest BCUT2D eigenvalue weighted by Crippen LogP contribution is 2.24. The molecule has 0 atom stereocenters. The molecule has 3 amide bonds. The summed E-state index contributed by atoms with van der Waals surface area (Å²) in [6.45, 7) is 1.57. The van der Waals surface area contributed by atoms with Crippen molar-refractivity contribution in [3.63, 3.8) is 0 Å². The number of imide groups is 1. The quantitative estimate of drug-likeness (QED) is 0.795. The van der Waals surface area contributed by atoms with Gasteiger partial charge in [-0.15, -0.1) is 0 Å². The Bertz CT molecular complexity index is 801. The molecule has 26 heavy (non-hydrogen) atoms. The van der Waals surface area contributed by atoms with Crippen molar-refractivity contribution in [3.05, 3.63) is 59.9 Å². The fourth-order valence-electron chi connectivity index (χ4n) is 3.81. The molecular weight excluding hydrogens is 330 g/mol. The SMILES string of the molecule is O=C(CCN1C(=O)c2ccccc2C1=O)N1CCC(n2cccc2)CC1. The first-order chi connectivity index (χ1) is 12.6. The van der Waals surface area contributed by atoms with E-state index in [0.717, 1.165) is 12.8 Å². The van der Waals surface area contributed by atoms with Crippen molar-refractivity contribution in [2.45, 2.75) is 25.3 Å². The van der Waals surface area contributed by atoms with E-state index in [1.807, 2.05) is 17.0 Å². The smallest absolute Gasteiger partial charge is 0.261 e. The van der Waals surface area contributed by atoms with Crippen LogP contribution in [0, 0.1) is 0 Å². The van der Waals surface area contributed by atoms with Crippen LogP contribution in [-0.2, 0) is 4.79 Å². The van der Waals surface area contributed by atoms with Gasteiger partial charge in [-0.25, -0.2) is 0 Å². The molecule has 1 aromatic carbocycles. The van der Waals surface area contributed by atoms with E-state index in [1.54, 1.807) is 24.3 Å². The van der Waals surface area contributed by atoms with Crippen molar-refractivity contribution >= 4 is 17.7 Å². The van der Waals surface area contributed by atoms with Crippen molar-refractivity contribution < 1.29 is 14.4 Å². The maximum atomic E-state index is 12.5. The Labute approximate surface area is 152 Å². The van der Waals surface area contributed by atoms with E-state index in [2.05, 4.69) is 17.0 Å². The van der Waals surface area contributed by atoms with Crippen LogP contribution in [0.1, 0.15) is 46.0 Å². The van der Waals surface area contributed by atoms with Gasteiger partial charge >= 0.3 is 0 Å². The first-order valence-corrected chi connectivity index (χ1v) is 9.00. The Hall–Kier alpha value is -2.89. The molecule has 0 saturated carbocycles. The lowest BCUT2D eigenvalue weighted by Crippen LogP contribution is -2.41. The monoisotopic (exact) mass is 351 g/mol. The second-order valence-corrected chi connectivity index (χ2v) is 6.80. The zero-order valence-electron chi connectivity index (χ0n) is 14.5. The van der Waals surface area contributed by atoms with E-state index in [4.69, 9.17) is 0 Å². The summed E-state index contributed by atoms with van der Waals surface area (Å²) in [7, 11) is 0. The number of carbonyl (C=O) groups excluding carboxylic acids is 3. The summed E-state index contributed by atoms with van der Waals surface area (Å²) in [6.07, 6.45) is 6.15. The van der Waals surface area contributed by atoms with E-state index in [9.17, 15) is 14.4 Å². The lowest BCUT2D eigenvalue weighted by molar-refractivity contribution is -0.132. The highest BCUT2D eigenvalue weighted by atomic mass is 16.2. The van der Waals surface area contributed by atoms with Gasteiger partial charge in [0.1, 0.15) is 0 Å². The standard InChI is InChI=1S/C20H21N3O3/c24-18(22-12-7-15(8-13-22)21-10-3-4-11-21)9-14-23-19(25)16-5-1-2-6-17(16)20(23)26/h1-6,10-11,15H,7-9,12-14H2. The molecule has 6 nitrogen and oxygen atoms in total. The molecule has 1 saturated heterocycles. The molecule has 0 aliphatic carbocycles. The van der Waals surface area contributed by atoms with E-state index < -0.39 is 0 Å². The molecule has 4 rings (SSSR count). The maximum absolute atomic E-state index is 12.5. The number of nitrogens with zero attached hydrogens (tertiary/aromatic N) is 3. The third kappa shape index (κ3) is 2.92. The van der Waals surface area contributed by atoms with Crippen LogP contribution in [0.3, 0.4) is 0 Å². The average Bonchev–Trinajstić information content (AvgIpc) is 3.29. The zero-order chi connectivity index (χ0) is 18.1. The van der Waals surface area contributed by atoms with Crippen LogP contribution < -0.4 is 0 Å². The average molecular weight is 351 g/mol. The van der Waals surface area contributed by atoms with Gasteiger partial charge in [0.25, 0.3) is 11.8 Å². The number of hydrogen-bond donors (Lipinski definition) is 0. The van der Waals surface area contributed by atoms with Crippen molar-refractivity contribution in [2.24, 2.45) is 0 Å². The number of hydrogen-bond acceptors (Lipinski definition) is 3. The summed E-state index contributed by atoms with van der Waals surface area (Å²) in [5.41, 5.74) is 0.856. The number of benzene rings is 1. The molecular formula is C20H21N3O3. The lowest BCUT2D eigenvalue weighted by atomic mass is 10.0. The van der Waals surface area contributed by atoms with Crippen molar-refractivity contribution in [1.29, 1.82) is 0 Å². The number of fused-ring (bicyclic) bond motifs is 1. The van der Waals surface area contributed by atoms with Crippen LogP contribution in [0.25, 0.3) is 0 Å². The molecule has 1 fully saturated rings. The fourth-order valence-corrected chi connectivity index (χ4v) is 3.81. The van der Waals surface area contributed by atoms with Gasteiger partial charge in [0.2, 0.25) is 5.91 Å². The summed E-state index contributed by atoms with van der Waals surface area (Å²) < 4.78 is 2.20. The summed E-state index contributed by atoms with van der Waals surface area (Å²) in [5, 5.41) is 0. The molecule has 0 unspecified atom stereocenters. The molecule has 0 radical (unpaired) electrons. The number of piperidine rings is 1. The summed E-state index contributed by atoms with van der Waals surface area (Å²) >= 11 is 0. The zero-order valence-corrected chi connectivity index (χ0v) is 14.5. The molecule has 1 aromatic heterocycles. The number of rotatable bonds is 4. The summed E-state index contributed by atoms with van der Waals surface area (Å²) in [6, 6.07) is 11.3. The van der Waals surface area contributed by atoms with Crippen molar-refractivity contribution in [1.82, 2.24) is 14.4 Å². The van der Waals surface area contributed by atoms with Crippen LogP contribution in [0.15, 0.2) is 48.8 Å². The normalized spacial score (nSPS) is 17.7. The Morgan fingerprint density at radius 2 is 1.50 bits per heavy atom. The topological polar surface area (TPSA) is 62.6 Å². The fraction of sp³-hybridized carbons (Fsp3) is 0.350. The van der Waals surface area contributed by atoms with Crippen LogP contribution in [0.2, 0.25) is 0 Å². The van der Waals surface area contributed by atoms with Gasteiger partial charge in [0, 0.05) is 44.5 Å². The number of aromatic nitrogens is 1. The number of amides is 3. The Morgan fingerprint density at radius 3 is 2.08 bits per heavy atom. The van der Waals surface area contributed by atoms with Crippen molar-refractivity contribution in [2.75, 3.05) is 19.6 Å². The second kappa shape index (κ2) is 6.78. The molecule has 6 heteroatoms. The first kappa shape index (κ1) is 16.6. The molecule has 2 aliphatic heterocycles. The predicted octanol–water partition coefficient (Wildman–Crippen LogP) is 2.34. The molecule has 2 aliphatic rings. The summed E-state index contributed by atoms with van der Waals surface area (Å²) in [4.78, 5) is 40.2. The Morgan fingerprint density at radius 1 is 0.923 bits per heavy atom. The van der Waals surface area contributed by atoms with Gasteiger partial charge in [-0.2, -0.15) is 0 Å². The van der Waals surface area contributed by atoms with Gasteiger partial charge in [-0.05, 0) is 37.1 Å². The van der Waals surface area contributed by atoms with Gasteiger partial charge in [0.15, 0.2) is 0 Å². The lowest BCUT2D eigenvalue weighted by Gasteiger charge is -2.33. The minimum absolute atomic E-state index is 0.00696. The number of likely N-dealkylation sites (tertiary alicyclic amines) is 1.